The number of carbonyl (C=O) groups is 1. The van der Waals surface area contributed by atoms with E-state index in [0.29, 0.717) is 0 Å². The van der Waals surface area contributed by atoms with Crippen molar-refractivity contribution in [2.24, 2.45) is 0 Å². The highest BCUT2D eigenvalue weighted by molar-refractivity contribution is 9.10. The van der Waals surface area contributed by atoms with Gasteiger partial charge in [0.05, 0.1) is 10.0 Å². The Morgan fingerprint density at radius 2 is 2.07 bits per heavy atom. The summed E-state index contributed by atoms with van der Waals surface area (Å²) >= 11 is 2.77. The summed E-state index contributed by atoms with van der Waals surface area (Å²) in [5.74, 6) is -3.71. The topological polar surface area (TPSA) is 46.5 Å². The summed E-state index contributed by atoms with van der Waals surface area (Å²) in [6.45, 7) is -3.22. The van der Waals surface area contributed by atoms with Gasteiger partial charge in [0.25, 0.3) is 0 Å². The minimum Gasteiger partial charge on any atom is -0.478 e. The molecule has 0 saturated heterocycles. The van der Waals surface area contributed by atoms with E-state index in [9.17, 15) is 18.0 Å². The molecule has 0 fully saturated rings. The molecule has 0 atom stereocenters. The van der Waals surface area contributed by atoms with Gasteiger partial charge >= 0.3 is 12.6 Å². The number of ether oxygens (including phenoxy) is 1. The second-order valence-electron chi connectivity index (χ2n) is 2.42. The maximum atomic E-state index is 13.3. The largest absolute Gasteiger partial charge is 0.478 e. The first-order chi connectivity index (χ1) is 6.93. The molecule has 82 valence electrons. The number of benzene rings is 1. The molecule has 1 N–H and O–H groups in total. The van der Waals surface area contributed by atoms with Gasteiger partial charge in [0.1, 0.15) is 0 Å². The van der Waals surface area contributed by atoms with Gasteiger partial charge in [-0.3, -0.25) is 0 Å². The predicted molar refractivity (Wildman–Crippen MR) is 47.7 cm³/mol. The maximum absolute atomic E-state index is 13.3. The molecule has 15 heavy (non-hydrogen) atoms. The summed E-state index contributed by atoms with van der Waals surface area (Å²) in [4.78, 5) is 10.5. The fraction of sp³-hybridized carbons (Fsp3) is 0.125. The van der Waals surface area contributed by atoms with Crippen molar-refractivity contribution in [3.8, 4) is 5.75 Å². The van der Waals surface area contributed by atoms with E-state index >= 15 is 0 Å². The van der Waals surface area contributed by atoms with Gasteiger partial charge in [-0.05, 0) is 28.1 Å². The number of hydrogen-bond donors (Lipinski definition) is 1. The molecule has 0 radical (unpaired) electrons. The minimum atomic E-state index is -3.22. The van der Waals surface area contributed by atoms with Crippen LogP contribution in [0.5, 0.6) is 5.75 Å². The first-order valence-corrected chi connectivity index (χ1v) is 4.39. The number of carboxylic acids is 1. The molecular formula is C8H4BrF3O3. The van der Waals surface area contributed by atoms with Gasteiger partial charge in [0.15, 0.2) is 11.6 Å². The number of aromatic carboxylic acids is 1. The third-order valence-electron chi connectivity index (χ3n) is 1.49. The van der Waals surface area contributed by atoms with E-state index in [1.54, 1.807) is 0 Å². The molecular weight excluding hydrogens is 281 g/mol. The van der Waals surface area contributed by atoms with Crippen LogP contribution in [0.1, 0.15) is 10.4 Å². The van der Waals surface area contributed by atoms with Crippen molar-refractivity contribution in [1.82, 2.24) is 0 Å². The number of hydrogen-bond acceptors (Lipinski definition) is 2. The van der Waals surface area contributed by atoms with Crippen LogP contribution in [0, 0.1) is 5.82 Å². The molecule has 7 heteroatoms. The molecule has 1 aromatic rings. The van der Waals surface area contributed by atoms with E-state index in [0.717, 1.165) is 12.1 Å². The Morgan fingerprint density at radius 1 is 1.47 bits per heavy atom. The highest BCUT2D eigenvalue weighted by Gasteiger charge is 2.20. The lowest BCUT2D eigenvalue weighted by molar-refractivity contribution is -0.0528. The smallest absolute Gasteiger partial charge is 0.387 e. The summed E-state index contributed by atoms with van der Waals surface area (Å²) in [7, 11) is 0. The van der Waals surface area contributed by atoms with Gasteiger partial charge in [-0.2, -0.15) is 8.78 Å². The monoisotopic (exact) mass is 284 g/mol. The van der Waals surface area contributed by atoms with Gasteiger partial charge in [0, 0.05) is 0 Å². The van der Waals surface area contributed by atoms with Crippen LogP contribution in [-0.2, 0) is 0 Å². The lowest BCUT2D eigenvalue weighted by Gasteiger charge is -2.09. The molecule has 0 spiro atoms. The van der Waals surface area contributed by atoms with E-state index in [4.69, 9.17) is 5.11 Å². The molecule has 0 aliphatic heterocycles. The number of halogens is 4. The summed E-state index contributed by atoms with van der Waals surface area (Å²) in [5.41, 5.74) is -0.728. The molecule has 0 amide bonds. The molecule has 0 unspecified atom stereocenters. The van der Waals surface area contributed by atoms with E-state index in [1.165, 1.54) is 0 Å². The van der Waals surface area contributed by atoms with Crippen LogP contribution < -0.4 is 4.74 Å². The van der Waals surface area contributed by atoms with Gasteiger partial charge < -0.3 is 9.84 Å². The van der Waals surface area contributed by atoms with Crippen molar-refractivity contribution in [2.75, 3.05) is 0 Å². The van der Waals surface area contributed by atoms with Gasteiger partial charge in [-0.15, -0.1) is 0 Å². The zero-order valence-electron chi connectivity index (χ0n) is 7.01. The van der Waals surface area contributed by atoms with Crippen LogP contribution in [0.4, 0.5) is 13.2 Å². The average molecular weight is 285 g/mol. The fourth-order valence-corrected chi connectivity index (χ4v) is 1.29. The molecule has 0 aliphatic rings. The summed E-state index contributed by atoms with van der Waals surface area (Å²) in [6, 6.07) is 2.06. The minimum absolute atomic E-state index is 0.0784. The van der Waals surface area contributed by atoms with E-state index in [1.807, 2.05) is 0 Å². The zero-order chi connectivity index (χ0) is 11.6. The maximum Gasteiger partial charge on any atom is 0.387 e. The number of alkyl halides is 2. The van der Waals surface area contributed by atoms with E-state index in [2.05, 4.69) is 20.7 Å². The Labute approximate surface area is 90.6 Å². The van der Waals surface area contributed by atoms with Crippen LogP contribution in [0.25, 0.3) is 0 Å². The number of carboxylic acid groups (broad SMARTS) is 1. The van der Waals surface area contributed by atoms with Crippen LogP contribution in [-0.4, -0.2) is 17.7 Å². The van der Waals surface area contributed by atoms with Gasteiger partial charge in [-0.1, -0.05) is 0 Å². The average Bonchev–Trinajstić information content (AvgIpc) is 2.11. The quantitative estimate of drug-likeness (QED) is 0.928. The summed E-state index contributed by atoms with van der Waals surface area (Å²) < 4.78 is 40.8. The van der Waals surface area contributed by atoms with E-state index < -0.39 is 29.7 Å². The Morgan fingerprint density at radius 3 is 2.53 bits per heavy atom. The lowest BCUT2D eigenvalue weighted by atomic mass is 10.2. The second kappa shape index (κ2) is 4.52. The van der Waals surface area contributed by atoms with Gasteiger partial charge in [-0.25, -0.2) is 9.18 Å². The third-order valence-corrected chi connectivity index (χ3v) is 2.11. The highest BCUT2D eigenvalue weighted by atomic mass is 79.9. The normalized spacial score (nSPS) is 10.5. The van der Waals surface area contributed by atoms with E-state index in [-0.39, 0.29) is 4.47 Å². The Hall–Kier alpha value is -1.24. The predicted octanol–water partition coefficient (Wildman–Crippen LogP) is 2.89. The molecule has 1 rings (SSSR count). The molecule has 3 nitrogen and oxygen atoms in total. The Bertz CT molecular complexity index is 395. The van der Waals surface area contributed by atoms with Crippen LogP contribution in [0.15, 0.2) is 16.6 Å². The summed E-state index contributed by atoms with van der Waals surface area (Å²) in [6.07, 6.45) is 0. The first-order valence-electron chi connectivity index (χ1n) is 3.59. The SMILES string of the molecule is O=C(O)c1ccc(Br)c(OC(F)F)c1F. The molecule has 0 aromatic heterocycles. The lowest BCUT2D eigenvalue weighted by Crippen LogP contribution is -2.08. The first kappa shape index (κ1) is 11.8. The summed E-state index contributed by atoms with van der Waals surface area (Å²) in [5, 5.41) is 8.52. The van der Waals surface area contributed by atoms with Crippen molar-refractivity contribution < 1.29 is 27.8 Å². The van der Waals surface area contributed by atoms with Crippen molar-refractivity contribution in [1.29, 1.82) is 0 Å². The van der Waals surface area contributed by atoms with Gasteiger partial charge in [0.2, 0.25) is 0 Å². The molecule has 1 aromatic carbocycles. The Balaban J connectivity index is 3.24. The second-order valence-corrected chi connectivity index (χ2v) is 3.28. The van der Waals surface area contributed by atoms with Crippen LogP contribution in [0.3, 0.4) is 0 Å². The molecule has 0 aliphatic carbocycles. The molecule has 0 heterocycles. The fourth-order valence-electron chi connectivity index (χ4n) is 0.895. The standard InChI is InChI=1S/C8H4BrF3O3/c9-4-2-1-3(7(13)14)5(10)6(4)15-8(11)12/h1-2,8H,(H,13,14). The van der Waals surface area contributed by atoms with Crippen molar-refractivity contribution in [3.63, 3.8) is 0 Å². The number of rotatable bonds is 3. The zero-order valence-corrected chi connectivity index (χ0v) is 8.59. The molecule has 0 saturated carbocycles. The van der Waals surface area contributed by atoms with Crippen LogP contribution in [0.2, 0.25) is 0 Å². The molecule has 0 bridgehead atoms. The highest BCUT2D eigenvalue weighted by Crippen LogP contribution is 2.31. The van der Waals surface area contributed by atoms with Crippen molar-refractivity contribution in [3.05, 3.63) is 28.0 Å². The van der Waals surface area contributed by atoms with Crippen molar-refractivity contribution >= 4 is 21.9 Å². The third kappa shape index (κ3) is 2.62. The van der Waals surface area contributed by atoms with Crippen molar-refractivity contribution in [2.45, 2.75) is 6.61 Å². The Kier molecular flexibility index (Phi) is 3.57. The van der Waals surface area contributed by atoms with Crippen LogP contribution >= 0.6 is 15.9 Å².